The lowest BCUT2D eigenvalue weighted by Crippen LogP contribution is -2.07. The molecule has 4 heteroatoms. The van der Waals surface area contributed by atoms with Gasteiger partial charge in [-0.2, -0.15) is 5.26 Å². The zero-order valence-corrected chi connectivity index (χ0v) is 8.60. The van der Waals surface area contributed by atoms with Crippen molar-refractivity contribution in [2.75, 3.05) is 0 Å². The molecule has 0 saturated carbocycles. The average Bonchev–Trinajstić information content (AvgIpc) is 2.18. The fourth-order valence-electron chi connectivity index (χ4n) is 1.26. The van der Waals surface area contributed by atoms with E-state index in [4.69, 9.17) is 16.9 Å². The molecule has 0 unspecified atom stereocenters. The number of hydrogen-bond donors (Lipinski definition) is 1. The van der Waals surface area contributed by atoms with Gasteiger partial charge in [-0.3, -0.25) is 0 Å². The Hall–Kier alpha value is -1.40. The fourth-order valence-corrected chi connectivity index (χ4v) is 1.53. The van der Waals surface area contributed by atoms with Crippen molar-refractivity contribution in [2.24, 2.45) is 0 Å². The van der Waals surface area contributed by atoms with Crippen molar-refractivity contribution in [1.29, 1.82) is 5.26 Å². The second-order valence-corrected chi connectivity index (χ2v) is 3.36. The minimum absolute atomic E-state index is 0.147. The number of nitriles is 1. The Morgan fingerprint density at radius 1 is 1.71 bits per heavy atom. The first-order valence-electron chi connectivity index (χ1n) is 4.13. The molecule has 14 heavy (non-hydrogen) atoms. The van der Waals surface area contributed by atoms with Crippen molar-refractivity contribution in [3.05, 3.63) is 34.9 Å². The number of benzene rings is 1. The monoisotopic (exact) mass is 205 g/mol. The molecule has 0 aliphatic carbocycles. The summed E-state index contributed by atoms with van der Waals surface area (Å²) in [5.74, 6) is 0.147. The predicted octanol–water partition coefficient (Wildman–Crippen LogP) is 0.904. The first-order valence-corrected chi connectivity index (χ1v) is 4.51. The lowest BCUT2D eigenvalue weighted by Gasteiger charge is -2.09. The maximum Gasteiger partial charge on any atom is 0.144 e. The third-order valence-electron chi connectivity index (χ3n) is 1.99. The molecule has 0 aliphatic heterocycles. The minimum atomic E-state index is 0.147. The van der Waals surface area contributed by atoms with E-state index < -0.39 is 0 Å². The van der Waals surface area contributed by atoms with E-state index in [2.05, 4.69) is 6.58 Å². The molecule has 0 aromatic heterocycles. The van der Waals surface area contributed by atoms with Gasteiger partial charge >= 0.3 is 0 Å². The number of phenols is 1. The van der Waals surface area contributed by atoms with Crippen LogP contribution in [-0.2, 0) is 6.42 Å². The van der Waals surface area contributed by atoms with Gasteiger partial charge in [-0.15, -0.1) is 6.58 Å². The van der Waals surface area contributed by atoms with Gasteiger partial charge in [0.1, 0.15) is 19.7 Å². The van der Waals surface area contributed by atoms with Crippen LogP contribution in [0.2, 0.25) is 5.02 Å². The molecular formula is C10H9BClNO. The first kappa shape index (κ1) is 10.7. The van der Waals surface area contributed by atoms with Crippen molar-refractivity contribution in [3.63, 3.8) is 0 Å². The van der Waals surface area contributed by atoms with Gasteiger partial charge in [-0.25, -0.2) is 0 Å². The highest BCUT2D eigenvalue weighted by atomic mass is 35.5. The number of nitrogens with zero attached hydrogens (tertiary/aromatic N) is 1. The number of aromatic hydroxyl groups is 1. The standard InChI is InChI=1S/C10H9BClNO/c1-2-3-7-9(12)6(5-13)4-8(11)10(7)14/h2,4,14H,1,3,11H2. The Balaban J connectivity index is 3.46. The van der Waals surface area contributed by atoms with Crippen LogP contribution in [0.4, 0.5) is 0 Å². The lowest BCUT2D eigenvalue weighted by atomic mass is 9.89. The molecule has 0 fully saturated rings. The molecule has 1 aromatic rings. The van der Waals surface area contributed by atoms with E-state index >= 15 is 0 Å². The van der Waals surface area contributed by atoms with Crippen LogP contribution in [-0.4, -0.2) is 13.0 Å². The molecular weight excluding hydrogens is 196 g/mol. The molecule has 0 spiro atoms. The number of allylic oxidation sites excluding steroid dienone is 1. The summed E-state index contributed by atoms with van der Waals surface area (Å²) in [4.78, 5) is 0. The van der Waals surface area contributed by atoms with Gasteiger partial charge in [-0.05, 0) is 17.9 Å². The van der Waals surface area contributed by atoms with Gasteiger partial charge in [0.15, 0.2) is 0 Å². The molecule has 1 aromatic carbocycles. The SMILES string of the molecule is Bc1cc(C#N)c(Cl)c(CC=C)c1O. The minimum Gasteiger partial charge on any atom is -0.508 e. The highest BCUT2D eigenvalue weighted by Gasteiger charge is 2.12. The molecule has 70 valence electrons. The molecule has 0 saturated heterocycles. The van der Waals surface area contributed by atoms with Crippen LogP contribution >= 0.6 is 11.6 Å². The summed E-state index contributed by atoms with van der Waals surface area (Å²) in [7, 11) is 1.74. The van der Waals surface area contributed by atoms with Crippen LogP contribution < -0.4 is 5.46 Å². The second kappa shape index (κ2) is 4.21. The van der Waals surface area contributed by atoms with Gasteiger partial charge in [0, 0.05) is 5.56 Å². The topological polar surface area (TPSA) is 44.0 Å². The van der Waals surface area contributed by atoms with E-state index in [0.29, 0.717) is 28.0 Å². The van der Waals surface area contributed by atoms with E-state index in [-0.39, 0.29) is 5.75 Å². The van der Waals surface area contributed by atoms with E-state index in [0.717, 1.165) is 0 Å². The first-order chi connectivity index (χ1) is 6.61. The van der Waals surface area contributed by atoms with Crippen LogP contribution in [0.25, 0.3) is 0 Å². The molecule has 0 heterocycles. The van der Waals surface area contributed by atoms with Gasteiger partial charge in [0.25, 0.3) is 0 Å². The number of hydrogen-bond acceptors (Lipinski definition) is 2. The van der Waals surface area contributed by atoms with Crippen molar-refractivity contribution < 1.29 is 5.11 Å². The Morgan fingerprint density at radius 2 is 2.36 bits per heavy atom. The molecule has 1 N–H and O–H groups in total. The van der Waals surface area contributed by atoms with Crippen LogP contribution in [0, 0.1) is 11.3 Å². The zero-order valence-electron chi connectivity index (χ0n) is 7.84. The summed E-state index contributed by atoms with van der Waals surface area (Å²) in [6, 6.07) is 3.56. The smallest absolute Gasteiger partial charge is 0.144 e. The van der Waals surface area contributed by atoms with Gasteiger partial charge in [0.05, 0.1) is 10.6 Å². The third kappa shape index (κ3) is 1.76. The summed E-state index contributed by atoms with van der Waals surface area (Å²) in [6.07, 6.45) is 2.10. The summed E-state index contributed by atoms with van der Waals surface area (Å²) in [6.45, 7) is 3.57. The summed E-state index contributed by atoms with van der Waals surface area (Å²) in [5.41, 5.74) is 1.61. The fraction of sp³-hybridized carbons (Fsp3) is 0.100. The molecule has 0 radical (unpaired) electrons. The predicted molar refractivity (Wildman–Crippen MR) is 59.9 cm³/mol. The maximum atomic E-state index is 9.69. The number of phenolic OH excluding ortho intramolecular Hbond substituents is 1. The van der Waals surface area contributed by atoms with E-state index in [1.165, 1.54) is 0 Å². The Bertz CT molecular complexity index is 423. The van der Waals surface area contributed by atoms with E-state index in [9.17, 15) is 5.11 Å². The molecule has 2 nitrogen and oxygen atoms in total. The van der Waals surface area contributed by atoms with Crippen molar-refractivity contribution in [3.8, 4) is 11.8 Å². The van der Waals surface area contributed by atoms with E-state index in [1.807, 2.05) is 6.07 Å². The van der Waals surface area contributed by atoms with Gasteiger partial charge < -0.3 is 5.11 Å². The Morgan fingerprint density at radius 3 is 2.86 bits per heavy atom. The molecule has 0 aliphatic rings. The van der Waals surface area contributed by atoms with Crippen LogP contribution in [0.3, 0.4) is 0 Å². The van der Waals surface area contributed by atoms with Crippen molar-refractivity contribution >= 4 is 24.9 Å². The van der Waals surface area contributed by atoms with E-state index in [1.54, 1.807) is 20.0 Å². The maximum absolute atomic E-state index is 9.69. The van der Waals surface area contributed by atoms with Crippen molar-refractivity contribution in [1.82, 2.24) is 0 Å². The third-order valence-corrected chi connectivity index (χ3v) is 2.42. The Labute approximate surface area is 88.8 Å². The molecule has 0 bridgehead atoms. The lowest BCUT2D eigenvalue weighted by molar-refractivity contribution is 0.474. The van der Waals surface area contributed by atoms with Crippen LogP contribution in [0.15, 0.2) is 18.7 Å². The summed E-state index contributed by atoms with van der Waals surface area (Å²) >= 11 is 5.93. The average molecular weight is 205 g/mol. The van der Waals surface area contributed by atoms with Crippen molar-refractivity contribution in [2.45, 2.75) is 6.42 Å². The molecule has 1 rings (SSSR count). The summed E-state index contributed by atoms with van der Waals surface area (Å²) in [5, 5.41) is 18.8. The highest BCUT2D eigenvalue weighted by Crippen LogP contribution is 2.27. The van der Waals surface area contributed by atoms with Crippen LogP contribution in [0.1, 0.15) is 11.1 Å². The number of rotatable bonds is 2. The quantitative estimate of drug-likeness (QED) is 0.576. The summed E-state index contributed by atoms with van der Waals surface area (Å²) < 4.78 is 0. The van der Waals surface area contributed by atoms with Gasteiger partial charge in [-0.1, -0.05) is 17.7 Å². The normalized spacial score (nSPS) is 9.43. The Kier molecular flexibility index (Phi) is 3.21. The largest absolute Gasteiger partial charge is 0.508 e. The molecule has 0 atom stereocenters. The zero-order chi connectivity index (χ0) is 10.7. The second-order valence-electron chi connectivity index (χ2n) is 2.99. The van der Waals surface area contributed by atoms with Crippen LogP contribution in [0.5, 0.6) is 5.75 Å². The molecule has 0 amide bonds. The highest BCUT2D eigenvalue weighted by molar-refractivity contribution is 6.37. The van der Waals surface area contributed by atoms with Gasteiger partial charge in [0.2, 0.25) is 0 Å². The number of halogens is 1.